The molecule has 6 heteroatoms. The molecule has 0 radical (unpaired) electrons. The van der Waals surface area contributed by atoms with Gasteiger partial charge in [0.1, 0.15) is 5.69 Å². The van der Waals surface area contributed by atoms with E-state index in [1.54, 1.807) is 12.3 Å². The zero-order valence-corrected chi connectivity index (χ0v) is 14.7. The van der Waals surface area contributed by atoms with Gasteiger partial charge in [0.25, 0.3) is 5.91 Å². The zero-order chi connectivity index (χ0) is 16.9. The molecule has 1 aliphatic heterocycles. The Balaban J connectivity index is 1.57. The summed E-state index contributed by atoms with van der Waals surface area (Å²) in [6, 6.07) is 8.17. The first-order valence-electron chi connectivity index (χ1n) is 8.37. The van der Waals surface area contributed by atoms with E-state index in [-0.39, 0.29) is 5.91 Å². The normalized spacial score (nSPS) is 18.6. The molecule has 0 aromatic carbocycles. The minimum atomic E-state index is 0.0370. The van der Waals surface area contributed by atoms with Crippen molar-refractivity contribution in [3.8, 4) is 0 Å². The fourth-order valence-corrected chi connectivity index (χ4v) is 3.42. The van der Waals surface area contributed by atoms with Crippen LogP contribution in [0.4, 0.5) is 0 Å². The number of amides is 1. The first kappa shape index (κ1) is 17.0. The van der Waals surface area contributed by atoms with Gasteiger partial charge in [-0.3, -0.25) is 14.7 Å². The van der Waals surface area contributed by atoms with Crippen LogP contribution in [0.15, 0.2) is 36.7 Å². The van der Waals surface area contributed by atoms with Gasteiger partial charge in [-0.05, 0) is 44.5 Å². The molecule has 3 rings (SSSR count). The number of aromatic amines is 1. The second kappa shape index (κ2) is 7.81. The van der Waals surface area contributed by atoms with Crippen LogP contribution in [-0.2, 0) is 6.54 Å². The quantitative estimate of drug-likeness (QED) is 0.925. The van der Waals surface area contributed by atoms with Crippen molar-refractivity contribution < 1.29 is 4.79 Å². The Morgan fingerprint density at radius 3 is 3.00 bits per heavy atom. The Bertz CT molecular complexity index is 673. The second-order valence-corrected chi connectivity index (χ2v) is 6.78. The molecule has 24 heavy (non-hydrogen) atoms. The lowest BCUT2D eigenvalue weighted by atomic mass is 10.1. The van der Waals surface area contributed by atoms with Gasteiger partial charge >= 0.3 is 0 Å². The molecule has 0 bridgehead atoms. The summed E-state index contributed by atoms with van der Waals surface area (Å²) in [6.45, 7) is 2.40. The van der Waals surface area contributed by atoms with Crippen LogP contribution in [0.1, 0.15) is 35.4 Å². The number of aromatic nitrogens is 2. The highest BCUT2D eigenvalue weighted by molar-refractivity contribution is 6.30. The smallest absolute Gasteiger partial charge is 0.270 e. The SMILES string of the molecule is CN(Cc1ccccn1)C1CCCN(C(=O)c2cc(Cl)c[nH]2)CC1. The van der Waals surface area contributed by atoms with Crippen molar-refractivity contribution in [3.05, 3.63) is 53.1 Å². The molecule has 1 aliphatic rings. The van der Waals surface area contributed by atoms with E-state index in [1.165, 1.54) is 0 Å². The van der Waals surface area contributed by atoms with Crippen molar-refractivity contribution in [1.29, 1.82) is 0 Å². The first-order valence-corrected chi connectivity index (χ1v) is 8.74. The third-order valence-electron chi connectivity index (χ3n) is 4.62. The molecule has 1 N–H and O–H groups in total. The van der Waals surface area contributed by atoms with Crippen LogP contribution in [-0.4, -0.2) is 51.9 Å². The predicted molar refractivity (Wildman–Crippen MR) is 95.0 cm³/mol. The van der Waals surface area contributed by atoms with Crippen molar-refractivity contribution in [2.24, 2.45) is 0 Å². The Kier molecular flexibility index (Phi) is 5.53. The molecule has 1 fully saturated rings. The molecular weight excluding hydrogens is 324 g/mol. The number of halogens is 1. The number of rotatable bonds is 4. The lowest BCUT2D eigenvalue weighted by Gasteiger charge is -2.27. The van der Waals surface area contributed by atoms with Gasteiger partial charge in [-0.25, -0.2) is 0 Å². The van der Waals surface area contributed by atoms with Crippen LogP contribution in [0.2, 0.25) is 5.02 Å². The molecule has 1 atom stereocenters. The van der Waals surface area contributed by atoms with Gasteiger partial charge in [0.15, 0.2) is 0 Å². The van der Waals surface area contributed by atoms with E-state index in [2.05, 4.69) is 28.0 Å². The van der Waals surface area contributed by atoms with Crippen molar-refractivity contribution in [3.63, 3.8) is 0 Å². The maximum absolute atomic E-state index is 12.5. The lowest BCUT2D eigenvalue weighted by Crippen LogP contribution is -2.35. The third-order valence-corrected chi connectivity index (χ3v) is 4.84. The summed E-state index contributed by atoms with van der Waals surface area (Å²) in [5.41, 5.74) is 1.65. The van der Waals surface area contributed by atoms with Crippen LogP contribution >= 0.6 is 11.6 Å². The maximum Gasteiger partial charge on any atom is 0.270 e. The molecular formula is C18H23ClN4O. The fraction of sp³-hybridized carbons (Fsp3) is 0.444. The lowest BCUT2D eigenvalue weighted by molar-refractivity contribution is 0.0752. The van der Waals surface area contributed by atoms with E-state index in [0.717, 1.165) is 44.6 Å². The highest BCUT2D eigenvalue weighted by Gasteiger charge is 2.24. The summed E-state index contributed by atoms with van der Waals surface area (Å²) < 4.78 is 0. The highest BCUT2D eigenvalue weighted by atomic mass is 35.5. The van der Waals surface area contributed by atoms with Gasteiger partial charge in [-0.1, -0.05) is 17.7 Å². The molecule has 2 aromatic rings. The number of nitrogens with one attached hydrogen (secondary N) is 1. The number of nitrogens with zero attached hydrogens (tertiary/aromatic N) is 3. The summed E-state index contributed by atoms with van der Waals surface area (Å²) in [4.78, 5) is 24.2. The summed E-state index contributed by atoms with van der Waals surface area (Å²) >= 11 is 5.90. The van der Waals surface area contributed by atoms with E-state index in [0.29, 0.717) is 16.8 Å². The molecule has 0 spiro atoms. The summed E-state index contributed by atoms with van der Waals surface area (Å²) in [5.74, 6) is 0.0370. The number of hydrogen-bond donors (Lipinski definition) is 1. The number of carbonyl (C=O) groups is 1. The minimum absolute atomic E-state index is 0.0370. The van der Waals surface area contributed by atoms with Crippen LogP contribution in [0.25, 0.3) is 0 Å². The summed E-state index contributed by atoms with van der Waals surface area (Å²) in [6.07, 6.45) is 6.56. The van der Waals surface area contributed by atoms with Crippen molar-refractivity contribution in [1.82, 2.24) is 19.8 Å². The van der Waals surface area contributed by atoms with Gasteiger partial charge in [0, 0.05) is 38.1 Å². The molecule has 0 aliphatic carbocycles. The number of likely N-dealkylation sites (tertiary alicyclic amines) is 1. The Morgan fingerprint density at radius 1 is 1.42 bits per heavy atom. The van der Waals surface area contributed by atoms with E-state index in [4.69, 9.17) is 11.6 Å². The van der Waals surface area contributed by atoms with Gasteiger partial charge in [-0.2, -0.15) is 0 Å². The van der Waals surface area contributed by atoms with Gasteiger partial charge in [-0.15, -0.1) is 0 Å². The molecule has 1 amide bonds. The van der Waals surface area contributed by atoms with Crippen LogP contribution in [0, 0.1) is 0 Å². The number of carbonyl (C=O) groups excluding carboxylic acids is 1. The second-order valence-electron chi connectivity index (χ2n) is 6.34. The minimum Gasteiger partial charge on any atom is -0.356 e. The Labute approximate surface area is 147 Å². The zero-order valence-electron chi connectivity index (χ0n) is 13.9. The topological polar surface area (TPSA) is 52.2 Å². The average Bonchev–Trinajstić information content (AvgIpc) is 2.87. The van der Waals surface area contributed by atoms with E-state index in [1.807, 2.05) is 23.2 Å². The molecule has 0 saturated carbocycles. The van der Waals surface area contributed by atoms with Crippen molar-refractivity contribution >= 4 is 17.5 Å². The predicted octanol–water partition coefficient (Wildman–Crippen LogP) is 3.19. The number of hydrogen-bond acceptors (Lipinski definition) is 3. The molecule has 5 nitrogen and oxygen atoms in total. The van der Waals surface area contributed by atoms with Gasteiger partial charge < -0.3 is 9.88 Å². The average molecular weight is 347 g/mol. The molecule has 1 saturated heterocycles. The standard InChI is InChI=1S/C18H23ClN4O/c1-22(13-15-5-2-3-8-20-15)16-6-4-9-23(10-7-16)18(24)17-11-14(19)12-21-17/h2-3,5,8,11-12,16,21H,4,6-7,9-10,13H2,1H3. The summed E-state index contributed by atoms with van der Waals surface area (Å²) in [7, 11) is 2.14. The van der Waals surface area contributed by atoms with Gasteiger partial charge in [0.05, 0.1) is 10.7 Å². The Morgan fingerprint density at radius 2 is 2.29 bits per heavy atom. The Hall–Kier alpha value is -1.85. The fourth-order valence-electron chi connectivity index (χ4n) is 3.26. The monoisotopic (exact) mass is 346 g/mol. The molecule has 1 unspecified atom stereocenters. The van der Waals surface area contributed by atoms with Crippen molar-refractivity contribution in [2.75, 3.05) is 20.1 Å². The molecule has 128 valence electrons. The number of pyridine rings is 1. The largest absolute Gasteiger partial charge is 0.356 e. The third kappa shape index (κ3) is 4.16. The highest BCUT2D eigenvalue weighted by Crippen LogP contribution is 2.19. The van der Waals surface area contributed by atoms with Crippen LogP contribution in [0.3, 0.4) is 0 Å². The van der Waals surface area contributed by atoms with E-state index in [9.17, 15) is 4.79 Å². The first-order chi connectivity index (χ1) is 11.6. The van der Waals surface area contributed by atoms with E-state index >= 15 is 0 Å². The van der Waals surface area contributed by atoms with Gasteiger partial charge in [0.2, 0.25) is 0 Å². The number of H-pyrrole nitrogens is 1. The van der Waals surface area contributed by atoms with Crippen LogP contribution in [0.5, 0.6) is 0 Å². The van der Waals surface area contributed by atoms with E-state index < -0.39 is 0 Å². The maximum atomic E-state index is 12.5. The molecule has 3 heterocycles. The summed E-state index contributed by atoms with van der Waals surface area (Å²) in [5, 5.41) is 0.571. The van der Waals surface area contributed by atoms with Crippen LogP contribution < -0.4 is 0 Å². The molecule has 2 aromatic heterocycles. The van der Waals surface area contributed by atoms with Crippen molar-refractivity contribution in [2.45, 2.75) is 31.8 Å².